The third kappa shape index (κ3) is 5.45. The molecule has 2 rings (SSSR count). The molecule has 0 aliphatic carbocycles. The van der Waals surface area contributed by atoms with Crippen molar-refractivity contribution in [3.8, 4) is 11.1 Å². The van der Waals surface area contributed by atoms with Gasteiger partial charge in [-0.05, 0) is 36.1 Å². The zero-order chi connectivity index (χ0) is 19.1. The molecule has 26 heavy (non-hydrogen) atoms. The maximum Gasteiger partial charge on any atom is 0.333 e. The second-order valence-corrected chi connectivity index (χ2v) is 6.11. The van der Waals surface area contributed by atoms with Crippen molar-refractivity contribution in [1.29, 1.82) is 0 Å². The molecule has 0 heterocycles. The van der Waals surface area contributed by atoms with Crippen LogP contribution in [0.4, 0.5) is 0 Å². The third-order valence-electron chi connectivity index (χ3n) is 3.68. The predicted molar refractivity (Wildman–Crippen MR) is 101 cm³/mol. The van der Waals surface area contributed by atoms with E-state index in [1.54, 1.807) is 13.8 Å². The van der Waals surface area contributed by atoms with Gasteiger partial charge < -0.3 is 9.47 Å². The minimum atomic E-state index is -0.392. The normalized spacial score (nSPS) is 10.1. The van der Waals surface area contributed by atoms with E-state index in [1.807, 2.05) is 48.5 Å². The van der Waals surface area contributed by atoms with Crippen LogP contribution in [0.1, 0.15) is 25.0 Å². The summed E-state index contributed by atoms with van der Waals surface area (Å²) in [6, 6.07) is 15.6. The lowest BCUT2D eigenvalue weighted by atomic mass is 10.0. The minimum absolute atomic E-state index is 0.221. The first-order valence-electron chi connectivity index (χ1n) is 8.20. The average Bonchev–Trinajstić information content (AvgIpc) is 2.64. The topological polar surface area (TPSA) is 52.6 Å². The molecule has 4 heteroatoms. The van der Waals surface area contributed by atoms with Gasteiger partial charge >= 0.3 is 11.9 Å². The smallest absolute Gasteiger partial charge is 0.333 e. The lowest BCUT2D eigenvalue weighted by molar-refractivity contribution is -0.141. The van der Waals surface area contributed by atoms with Crippen molar-refractivity contribution in [2.45, 2.75) is 27.1 Å². The second-order valence-electron chi connectivity index (χ2n) is 6.11. The summed E-state index contributed by atoms with van der Waals surface area (Å²) < 4.78 is 10.3. The summed E-state index contributed by atoms with van der Waals surface area (Å²) in [6.45, 7) is 10.8. The van der Waals surface area contributed by atoms with E-state index in [1.165, 1.54) is 0 Å². The molecule has 0 saturated carbocycles. The summed E-state index contributed by atoms with van der Waals surface area (Å²) in [5.74, 6) is -0.783. The van der Waals surface area contributed by atoms with Crippen LogP contribution in [-0.4, -0.2) is 11.9 Å². The van der Waals surface area contributed by atoms with E-state index < -0.39 is 11.9 Å². The van der Waals surface area contributed by atoms with Gasteiger partial charge in [0.1, 0.15) is 13.2 Å². The molecule has 0 spiro atoms. The third-order valence-corrected chi connectivity index (χ3v) is 3.68. The molecule has 0 unspecified atom stereocenters. The Morgan fingerprint density at radius 1 is 0.692 bits per heavy atom. The van der Waals surface area contributed by atoms with E-state index in [0.29, 0.717) is 11.1 Å². The summed E-state index contributed by atoms with van der Waals surface area (Å²) in [5, 5.41) is 0. The van der Waals surface area contributed by atoms with Gasteiger partial charge in [-0.15, -0.1) is 0 Å². The van der Waals surface area contributed by atoms with Gasteiger partial charge in [-0.3, -0.25) is 0 Å². The van der Waals surface area contributed by atoms with E-state index in [-0.39, 0.29) is 13.2 Å². The van der Waals surface area contributed by atoms with Gasteiger partial charge in [-0.25, -0.2) is 9.59 Å². The number of hydrogen-bond acceptors (Lipinski definition) is 4. The van der Waals surface area contributed by atoms with Crippen molar-refractivity contribution >= 4 is 11.9 Å². The molecule has 0 fully saturated rings. The molecule has 2 aromatic rings. The predicted octanol–water partition coefficient (Wildman–Crippen LogP) is 4.59. The first kappa shape index (κ1) is 19.2. The van der Waals surface area contributed by atoms with E-state index in [2.05, 4.69) is 13.2 Å². The Morgan fingerprint density at radius 3 is 1.27 bits per heavy atom. The molecule has 0 aromatic heterocycles. The van der Waals surface area contributed by atoms with Crippen LogP contribution in [0.2, 0.25) is 0 Å². The molecule has 0 N–H and O–H groups in total. The summed E-state index contributed by atoms with van der Waals surface area (Å²) in [7, 11) is 0. The zero-order valence-electron chi connectivity index (χ0n) is 15.1. The Hall–Kier alpha value is -3.14. The van der Waals surface area contributed by atoms with Crippen LogP contribution in [0.15, 0.2) is 72.8 Å². The standard InChI is InChI=1S/C22H22O4/c1-15(2)21(23)25-13-17-5-9-19(10-6-17)20-11-7-18(8-12-20)14-26-22(24)16(3)4/h5-12H,1,3,13-14H2,2,4H3. The molecular formula is C22H22O4. The van der Waals surface area contributed by atoms with E-state index >= 15 is 0 Å². The van der Waals surface area contributed by atoms with E-state index in [4.69, 9.17) is 9.47 Å². The Labute approximate surface area is 153 Å². The summed E-state index contributed by atoms with van der Waals surface area (Å²) >= 11 is 0. The summed E-state index contributed by atoms with van der Waals surface area (Å²) in [6.07, 6.45) is 0. The molecule has 0 radical (unpaired) electrons. The Kier molecular flexibility index (Phi) is 6.50. The van der Waals surface area contributed by atoms with Gasteiger partial charge in [0.25, 0.3) is 0 Å². The van der Waals surface area contributed by atoms with Crippen LogP contribution >= 0.6 is 0 Å². The molecule has 0 aliphatic rings. The second kappa shape index (κ2) is 8.81. The van der Waals surface area contributed by atoms with Gasteiger partial charge in [0.15, 0.2) is 0 Å². The van der Waals surface area contributed by atoms with Gasteiger partial charge in [0.05, 0.1) is 0 Å². The highest BCUT2D eigenvalue weighted by atomic mass is 16.5. The SMILES string of the molecule is C=C(C)C(=O)OCc1ccc(-c2ccc(COC(=O)C(=C)C)cc2)cc1. The maximum absolute atomic E-state index is 11.4. The first-order valence-corrected chi connectivity index (χ1v) is 8.20. The summed E-state index contributed by atoms with van der Waals surface area (Å²) in [5.41, 5.74) is 4.68. The molecule has 2 aromatic carbocycles. The van der Waals surface area contributed by atoms with Gasteiger partial charge in [-0.1, -0.05) is 61.7 Å². The Morgan fingerprint density at radius 2 is 1.00 bits per heavy atom. The number of carbonyl (C=O) groups is 2. The fourth-order valence-electron chi connectivity index (χ4n) is 2.13. The number of carbonyl (C=O) groups excluding carboxylic acids is 2. The van der Waals surface area contributed by atoms with Crippen molar-refractivity contribution in [2.24, 2.45) is 0 Å². The summed E-state index contributed by atoms with van der Waals surface area (Å²) in [4.78, 5) is 22.8. The fraction of sp³-hybridized carbons (Fsp3) is 0.182. The van der Waals surface area contributed by atoms with E-state index in [9.17, 15) is 9.59 Å². The zero-order valence-corrected chi connectivity index (χ0v) is 15.1. The molecule has 0 saturated heterocycles. The monoisotopic (exact) mass is 350 g/mol. The van der Waals surface area contributed by atoms with Crippen LogP contribution in [0.5, 0.6) is 0 Å². The quantitative estimate of drug-likeness (QED) is 0.541. The van der Waals surface area contributed by atoms with Crippen molar-refractivity contribution in [1.82, 2.24) is 0 Å². The molecule has 0 bridgehead atoms. The maximum atomic E-state index is 11.4. The molecule has 0 aliphatic heterocycles. The Balaban J connectivity index is 1.96. The minimum Gasteiger partial charge on any atom is -0.457 e. The largest absolute Gasteiger partial charge is 0.457 e. The van der Waals surface area contributed by atoms with Crippen molar-refractivity contribution in [2.75, 3.05) is 0 Å². The van der Waals surface area contributed by atoms with Crippen LogP contribution < -0.4 is 0 Å². The highest BCUT2D eigenvalue weighted by Crippen LogP contribution is 2.21. The number of rotatable bonds is 7. The molecule has 4 nitrogen and oxygen atoms in total. The number of esters is 2. The van der Waals surface area contributed by atoms with Crippen molar-refractivity contribution in [3.05, 3.63) is 84.0 Å². The van der Waals surface area contributed by atoms with Crippen LogP contribution in [0.3, 0.4) is 0 Å². The van der Waals surface area contributed by atoms with Gasteiger partial charge in [0, 0.05) is 11.1 Å². The molecule has 134 valence electrons. The van der Waals surface area contributed by atoms with Crippen LogP contribution in [0.25, 0.3) is 11.1 Å². The molecule has 0 atom stereocenters. The lowest BCUT2D eigenvalue weighted by Gasteiger charge is -2.08. The van der Waals surface area contributed by atoms with Crippen LogP contribution in [-0.2, 0) is 32.3 Å². The van der Waals surface area contributed by atoms with Gasteiger partial charge in [-0.2, -0.15) is 0 Å². The van der Waals surface area contributed by atoms with Crippen LogP contribution in [0, 0.1) is 0 Å². The van der Waals surface area contributed by atoms with Gasteiger partial charge in [0.2, 0.25) is 0 Å². The molecular weight excluding hydrogens is 328 g/mol. The average molecular weight is 350 g/mol. The van der Waals surface area contributed by atoms with E-state index in [0.717, 1.165) is 22.3 Å². The lowest BCUT2D eigenvalue weighted by Crippen LogP contribution is -2.04. The highest BCUT2D eigenvalue weighted by Gasteiger charge is 2.06. The fourth-order valence-corrected chi connectivity index (χ4v) is 2.13. The van der Waals surface area contributed by atoms with Crippen molar-refractivity contribution < 1.29 is 19.1 Å². The first-order chi connectivity index (χ1) is 12.4. The highest BCUT2D eigenvalue weighted by molar-refractivity contribution is 5.87. The molecule has 0 amide bonds. The van der Waals surface area contributed by atoms with Crippen molar-refractivity contribution in [3.63, 3.8) is 0 Å². The number of benzene rings is 2. The number of hydrogen-bond donors (Lipinski definition) is 0. The number of ether oxygens (including phenoxy) is 2. The Bertz CT molecular complexity index is 743.